The normalized spacial score (nSPS) is 16.0. The SMILES string of the molecule is [O-][n+]1onc(OC2CCCC2)c1-c1ccccc1. The number of nitrogens with zero attached hydrogens (tertiary/aromatic N) is 2. The number of ether oxygens (including phenoxy) is 1. The second-order valence-electron chi connectivity index (χ2n) is 4.47. The van der Waals surface area contributed by atoms with Crippen LogP contribution in [0.1, 0.15) is 25.7 Å². The molecule has 0 spiro atoms. The third-order valence-corrected chi connectivity index (χ3v) is 3.21. The van der Waals surface area contributed by atoms with Gasteiger partial charge in [-0.3, -0.25) is 4.63 Å². The molecule has 0 N–H and O–H groups in total. The predicted molar refractivity (Wildman–Crippen MR) is 63.8 cm³/mol. The molecule has 1 aromatic heterocycles. The van der Waals surface area contributed by atoms with Crippen molar-refractivity contribution in [3.63, 3.8) is 0 Å². The fourth-order valence-electron chi connectivity index (χ4n) is 2.30. The van der Waals surface area contributed by atoms with Gasteiger partial charge in [0.2, 0.25) is 0 Å². The Balaban J connectivity index is 1.91. The zero-order chi connectivity index (χ0) is 12.4. The van der Waals surface area contributed by atoms with Gasteiger partial charge in [0.05, 0.1) is 5.16 Å². The van der Waals surface area contributed by atoms with Crippen molar-refractivity contribution in [2.45, 2.75) is 31.8 Å². The first kappa shape index (κ1) is 11.1. The first-order chi connectivity index (χ1) is 8.84. The molecule has 3 rings (SSSR count). The lowest BCUT2D eigenvalue weighted by Gasteiger charge is -2.07. The molecule has 0 unspecified atom stereocenters. The van der Waals surface area contributed by atoms with E-state index in [4.69, 9.17) is 4.74 Å². The van der Waals surface area contributed by atoms with Crippen LogP contribution in [0.3, 0.4) is 0 Å². The summed E-state index contributed by atoms with van der Waals surface area (Å²) in [5.74, 6) is 0.295. The fourth-order valence-corrected chi connectivity index (χ4v) is 2.30. The Labute approximate surface area is 105 Å². The first-order valence-electron chi connectivity index (χ1n) is 6.16. The van der Waals surface area contributed by atoms with Gasteiger partial charge in [-0.1, -0.05) is 30.3 Å². The molecule has 0 atom stereocenters. The maximum atomic E-state index is 11.6. The molecule has 0 amide bonds. The van der Waals surface area contributed by atoms with Gasteiger partial charge >= 0.3 is 5.88 Å². The Morgan fingerprint density at radius 3 is 2.67 bits per heavy atom. The Bertz CT molecular complexity index is 518. The summed E-state index contributed by atoms with van der Waals surface area (Å²) in [4.78, 5) is 0.402. The van der Waals surface area contributed by atoms with E-state index in [1.807, 2.05) is 30.3 Å². The van der Waals surface area contributed by atoms with E-state index in [0.717, 1.165) is 18.4 Å². The number of aromatic nitrogens is 2. The van der Waals surface area contributed by atoms with Crippen molar-refractivity contribution in [3.8, 4) is 17.1 Å². The zero-order valence-electron chi connectivity index (χ0n) is 9.91. The lowest BCUT2D eigenvalue weighted by molar-refractivity contribution is -0.793. The van der Waals surface area contributed by atoms with Crippen molar-refractivity contribution in [2.24, 2.45) is 0 Å². The highest BCUT2D eigenvalue weighted by Crippen LogP contribution is 2.29. The quantitative estimate of drug-likeness (QED) is 0.779. The highest BCUT2D eigenvalue weighted by atomic mass is 16.8. The van der Waals surface area contributed by atoms with Gasteiger partial charge in [0.25, 0.3) is 5.69 Å². The van der Waals surface area contributed by atoms with E-state index in [9.17, 15) is 5.21 Å². The van der Waals surface area contributed by atoms with Crippen LogP contribution < -0.4 is 9.64 Å². The number of hydrogen-bond donors (Lipinski definition) is 0. The van der Waals surface area contributed by atoms with Gasteiger partial charge in [-0.2, -0.15) is 0 Å². The minimum absolute atomic E-state index is 0.151. The van der Waals surface area contributed by atoms with Crippen LogP contribution in [-0.2, 0) is 0 Å². The first-order valence-corrected chi connectivity index (χ1v) is 6.16. The lowest BCUT2D eigenvalue weighted by Crippen LogP contribution is -2.25. The highest BCUT2D eigenvalue weighted by molar-refractivity contribution is 5.60. The van der Waals surface area contributed by atoms with Crippen LogP contribution in [0.25, 0.3) is 11.3 Å². The molecule has 0 saturated heterocycles. The summed E-state index contributed by atoms with van der Waals surface area (Å²) in [6, 6.07) is 9.29. The molecule has 1 heterocycles. The minimum atomic E-state index is 0.151. The molecule has 5 heteroatoms. The van der Waals surface area contributed by atoms with Crippen LogP contribution in [0, 0.1) is 5.21 Å². The van der Waals surface area contributed by atoms with E-state index < -0.39 is 0 Å². The molecule has 1 aromatic carbocycles. The van der Waals surface area contributed by atoms with Gasteiger partial charge in [-0.15, -0.1) is 0 Å². The Morgan fingerprint density at radius 2 is 1.94 bits per heavy atom. The van der Waals surface area contributed by atoms with Gasteiger partial charge in [-0.25, -0.2) is 0 Å². The predicted octanol–water partition coefficient (Wildman–Crippen LogP) is 2.30. The van der Waals surface area contributed by atoms with Crippen molar-refractivity contribution in [1.29, 1.82) is 0 Å². The molecule has 1 saturated carbocycles. The van der Waals surface area contributed by atoms with Crippen molar-refractivity contribution in [1.82, 2.24) is 5.16 Å². The standard InChI is InChI=1S/C13H14N2O3/c16-15-12(10-6-2-1-3-7-10)13(14-18-15)17-11-8-4-5-9-11/h1-3,6-7,11H,4-5,8-9H2. The van der Waals surface area contributed by atoms with Crippen LogP contribution in [0.4, 0.5) is 0 Å². The summed E-state index contributed by atoms with van der Waals surface area (Å²) in [5, 5.41) is 15.3. The van der Waals surface area contributed by atoms with Gasteiger partial charge < -0.3 is 9.94 Å². The third-order valence-electron chi connectivity index (χ3n) is 3.21. The molecule has 1 fully saturated rings. The van der Waals surface area contributed by atoms with Gasteiger partial charge in [0.1, 0.15) is 6.10 Å². The molecular weight excluding hydrogens is 232 g/mol. The van der Waals surface area contributed by atoms with E-state index in [1.165, 1.54) is 12.8 Å². The topological polar surface area (TPSA) is 62.2 Å². The van der Waals surface area contributed by atoms with Crippen LogP contribution in [-0.4, -0.2) is 11.3 Å². The van der Waals surface area contributed by atoms with Gasteiger partial charge in [-0.05, 0) is 30.6 Å². The zero-order valence-corrected chi connectivity index (χ0v) is 9.91. The molecule has 18 heavy (non-hydrogen) atoms. The maximum Gasteiger partial charge on any atom is 0.403 e. The largest absolute Gasteiger partial charge is 0.452 e. The van der Waals surface area contributed by atoms with Crippen molar-refractivity contribution >= 4 is 0 Å². The minimum Gasteiger partial charge on any atom is -0.452 e. The molecule has 1 aliphatic rings. The van der Waals surface area contributed by atoms with E-state index in [-0.39, 0.29) is 6.10 Å². The number of benzene rings is 1. The molecule has 5 nitrogen and oxygen atoms in total. The number of rotatable bonds is 3. The average molecular weight is 246 g/mol. The second kappa shape index (κ2) is 4.68. The monoisotopic (exact) mass is 246 g/mol. The number of hydrogen-bond acceptors (Lipinski definition) is 4. The Hall–Kier alpha value is -2.04. The maximum absolute atomic E-state index is 11.6. The Kier molecular flexibility index (Phi) is 2.88. The second-order valence-corrected chi connectivity index (χ2v) is 4.47. The van der Waals surface area contributed by atoms with Crippen LogP contribution in [0.5, 0.6) is 5.88 Å². The molecule has 2 aromatic rings. The van der Waals surface area contributed by atoms with E-state index in [0.29, 0.717) is 16.5 Å². The summed E-state index contributed by atoms with van der Waals surface area (Å²) < 4.78 is 10.4. The summed E-state index contributed by atoms with van der Waals surface area (Å²) in [5.41, 5.74) is 1.10. The summed E-state index contributed by atoms with van der Waals surface area (Å²) in [7, 11) is 0. The van der Waals surface area contributed by atoms with Crippen molar-refractivity contribution in [3.05, 3.63) is 35.5 Å². The average Bonchev–Trinajstić information content (AvgIpc) is 3.02. The van der Waals surface area contributed by atoms with Crippen molar-refractivity contribution < 1.29 is 14.3 Å². The van der Waals surface area contributed by atoms with Crippen molar-refractivity contribution in [2.75, 3.05) is 0 Å². The van der Waals surface area contributed by atoms with Gasteiger partial charge in [0, 0.05) is 5.56 Å². The molecule has 94 valence electrons. The molecule has 0 radical (unpaired) electrons. The molecule has 1 aliphatic carbocycles. The summed E-state index contributed by atoms with van der Waals surface area (Å²) in [6.07, 6.45) is 4.51. The van der Waals surface area contributed by atoms with E-state index in [1.54, 1.807) is 0 Å². The highest BCUT2D eigenvalue weighted by Gasteiger charge is 2.27. The summed E-state index contributed by atoms with van der Waals surface area (Å²) in [6.45, 7) is 0. The molecule has 0 bridgehead atoms. The van der Waals surface area contributed by atoms with E-state index >= 15 is 0 Å². The third kappa shape index (κ3) is 2.03. The molecule has 0 aliphatic heterocycles. The lowest BCUT2D eigenvalue weighted by atomic mass is 10.1. The molecular formula is C13H14N2O3. The fraction of sp³-hybridized carbons (Fsp3) is 0.385. The van der Waals surface area contributed by atoms with Crippen LogP contribution in [0.15, 0.2) is 35.0 Å². The van der Waals surface area contributed by atoms with E-state index in [2.05, 4.69) is 9.79 Å². The van der Waals surface area contributed by atoms with Crippen LogP contribution >= 0.6 is 0 Å². The summed E-state index contributed by atoms with van der Waals surface area (Å²) >= 11 is 0. The van der Waals surface area contributed by atoms with Crippen LogP contribution in [0.2, 0.25) is 0 Å². The van der Waals surface area contributed by atoms with Gasteiger partial charge in [0.15, 0.2) is 0 Å². The smallest absolute Gasteiger partial charge is 0.403 e. The Morgan fingerprint density at radius 1 is 1.22 bits per heavy atom.